The van der Waals surface area contributed by atoms with Gasteiger partial charge in [-0.25, -0.2) is 4.57 Å². The van der Waals surface area contributed by atoms with Gasteiger partial charge >= 0.3 is 20.2 Å². The number of hydrogen-bond acceptors (Lipinski definition) is 9. The van der Waals surface area contributed by atoms with Crippen molar-refractivity contribution in [1.29, 1.82) is 0 Å². The Morgan fingerprint density at radius 2 is 1.04 bits per heavy atom. The number of aliphatic hydroxyl groups excluding tert-OH is 3. The third-order valence-corrected chi connectivity index (χ3v) is 5.15. The van der Waals surface area contributed by atoms with Gasteiger partial charge in [-0.05, 0) is 23.6 Å². The third-order valence-electron chi connectivity index (χ3n) is 2.80. The van der Waals surface area contributed by atoms with Crippen LogP contribution in [-0.4, -0.2) is 76.4 Å². The molecular formula is C6H15O12P3S3. The molecule has 0 aromatic carbocycles. The first-order chi connectivity index (χ1) is 10.5. The van der Waals surface area contributed by atoms with Crippen LogP contribution in [0.3, 0.4) is 0 Å². The molecular weight excluding hydrogens is 453 g/mol. The van der Waals surface area contributed by atoms with Crippen LogP contribution >= 0.6 is 32.5 Å². The van der Waals surface area contributed by atoms with Crippen LogP contribution in [0.1, 0.15) is 0 Å². The Hall–Kier alpha value is 1.44. The third kappa shape index (κ3) is 7.22. The van der Waals surface area contributed by atoms with E-state index in [2.05, 4.69) is 49.4 Å². The van der Waals surface area contributed by atoms with Gasteiger partial charge in [0.2, 0.25) is 0 Å². The molecule has 144 valence electrons. The summed E-state index contributed by atoms with van der Waals surface area (Å²) < 4.78 is 24.9. The van der Waals surface area contributed by atoms with Crippen molar-refractivity contribution in [2.75, 3.05) is 0 Å². The smallest absolute Gasteiger partial charge is 0.383 e. The normalized spacial score (nSPS) is 37.9. The van der Waals surface area contributed by atoms with E-state index in [1.165, 1.54) is 0 Å². The summed E-state index contributed by atoms with van der Waals surface area (Å²) in [6.07, 6.45) is -12.3. The number of aliphatic hydroxyl groups is 3. The van der Waals surface area contributed by atoms with Crippen molar-refractivity contribution < 1.29 is 57.9 Å². The fourth-order valence-corrected chi connectivity index (χ4v) is 4.62. The second-order valence-electron chi connectivity index (χ2n) is 4.65. The first-order valence-electron chi connectivity index (χ1n) is 5.78. The summed E-state index contributed by atoms with van der Waals surface area (Å²) in [6.45, 7) is -13.5. The number of thiol groups is 1. The molecule has 0 spiro atoms. The van der Waals surface area contributed by atoms with E-state index in [0.717, 1.165) is 0 Å². The lowest BCUT2D eigenvalue weighted by Gasteiger charge is -2.45. The molecule has 1 saturated carbocycles. The van der Waals surface area contributed by atoms with Gasteiger partial charge in [-0.1, -0.05) is 12.2 Å². The van der Waals surface area contributed by atoms with Crippen LogP contribution in [0.15, 0.2) is 0 Å². The Balaban J connectivity index is 3.23. The zero-order chi connectivity index (χ0) is 19.1. The van der Waals surface area contributed by atoms with Crippen LogP contribution in [0.25, 0.3) is 0 Å². The quantitative estimate of drug-likeness (QED) is 0.148. The lowest BCUT2D eigenvalue weighted by Crippen LogP contribution is -2.65. The standard InChI is InChI=1S/C6H15O12P3S3/c7-1-2(8)5(17-20(12,13)23)6(18-21(14,15)24)3(9)4(1)16-19(10,11)22/h1-9H,(H2,10,11,22)(H2,12,13,23)(H2,14,15,24)/t1-,2+,3-,4+,5+,6+/m0/s1. The van der Waals surface area contributed by atoms with Crippen molar-refractivity contribution >= 4 is 56.1 Å². The summed E-state index contributed by atoms with van der Waals surface area (Å²) in [4.78, 5) is 45.8. The predicted octanol–water partition coefficient (Wildman–Crippen LogP) is -2.31. The van der Waals surface area contributed by atoms with E-state index in [-0.39, 0.29) is 0 Å². The first-order valence-corrected chi connectivity index (χ1v) is 13.8. The number of rotatable bonds is 6. The van der Waals surface area contributed by atoms with E-state index < -0.39 is 56.9 Å². The van der Waals surface area contributed by atoms with Crippen LogP contribution in [0, 0.1) is 0 Å². The van der Waals surface area contributed by atoms with Crippen LogP contribution in [-0.2, 0) is 41.8 Å². The zero-order valence-corrected chi connectivity index (χ0v) is 16.5. The van der Waals surface area contributed by atoms with E-state index in [9.17, 15) is 29.7 Å². The molecule has 0 amide bonds. The Bertz CT molecular complexity index is 585. The van der Waals surface area contributed by atoms with Gasteiger partial charge in [0.05, 0.1) is 0 Å². The minimum atomic E-state index is -4.62. The average molecular weight is 468 g/mol. The molecule has 0 heterocycles. The molecule has 0 aromatic rings. The highest BCUT2D eigenvalue weighted by Crippen LogP contribution is 2.53. The van der Waals surface area contributed by atoms with Gasteiger partial charge in [-0.2, -0.15) is 0 Å². The fourth-order valence-electron chi connectivity index (χ4n) is 2.01. The largest absolute Gasteiger partial charge is 0.387 e. The van der Waals surface area contributed by atoms with Crippen LogP contribution in [0.4, 0.5) is 0 Å². The minimum Gasteiger partial charge on any atom is -0.387 e. The highest BCUT2D eigenvalue weighted by Gasteiger charge is 2.55. The molecule has 1 unspecified atom stereocenters. The minimum absolute atomic E-state index is 1.97. The molecule has 0 bridgehead atoms. The highest BCUT2D eigenvalue weighted by molar-refractivity contribution is 8.44. The van der Waals surface area contributed by atoms with E-state index in [1.807, 2.05) is 0 Å². The Morgan fingerprint density at radius 3 is 1.42 bits per heavy atom. The van der Waals surface area contributed by atoms with Crippen molar-refractivity contribution in [3.05, 3.63) is 0 Å². The van der Waals surface area contributed by atoms with E-state index in [0.29, 0.717) is 0 Å². The van der Waals surface area contributed by atoms with Gasteiger partial charge in [0, 0.05) is 0 Å². The molecule has 0 aromatic heterocycles. The fraction of sp³-hybridized carbons (Fsp3) is 1.00. The van der Waals surface area contributed by atoms with Crippen LogP contribution in [0.5, 0.6) is 0 Å². The summed E-state index contributed by atoms with van der Waals surface area (Å²) in [5, 5.41) is 30.0. The van der Waals surface area contributed by atoms with Crippen LogP contribution < -0.4 is 0 Å². The van der Waals surface area contributed by atoms with Crippen molar-refractivity contribution in [2.24, 2.45) is 0 Å². The van der Waals surface area contributed by atoms with Gasteiger partial charge in [0.1, 0.15) is 36.6 Å². The van der Waals surface area contributed by atoms with Gasteiger partial charge in [-0.15, -0.1) is 0 Å². The monoisotopic (exact) mass is 468 g/mol. The molecule has 1 fully saturated rings. The molecule has 1 aliphatic carbocycles. The predicted molar refractivity (Wildman–Crippen MR) is 88.9 cm³/mol. The summed E-state index contributed by atoms with van der Waals surface area (Å²) in [5.41, 5.74) is 0. The summed E-state index contributed by atoms with van der Waals surface area (Å²) in [7, 11) is 0. The van der Waals surface area contributed by atoms with Gasteiger partial charge < -0.3 is 39.8 Å². The lowest BCUT2D eigenvalue weighted by atomic mass is 9.85. The van der Waals surface area contributed by atoms with Crippen molar-refractivity contribution in [1.82, 2.24) is 0 Å². The van der Waals surface area contributed by atoms with Gasteiger partial charge in [0.25, 0.3) is 0 Å². The molecule has 0 saturated heterocycles. The van der Waals surface area contributed by atoms with Crippen molar-refractivity contribution in [3.8, 4) is 0 Å². The molecule has 18 heteroatoms. The molecule has 1 aliphatic rings. The first kappa shape index (κ1) is 23.5. The van der Waals surface area contributed by atoms with E-state index >= 15 is 0 Å². The zero-order valence-electron chi connectivity index (χ0n) is 11.3. The van der Waals surface area contributed by atoms with Gasteiger partial charge in [-0.3, -0.25) is 13.6 Å². The summed E-state index contributed by atoms with van der Waals surface area (Å²) in [6, 6.07) is 0. The summed E-state index contributed by atoms with van der Waals surface area (Å²) in [5.74, 6) is 0. The lowest BCUT2D eigenvalue weighted by molar-refractivity contribution is -0.207. The Morgan fingerprint density at radius 1 is 0.708 bits per heavy atom. The molecule has 1 rings (SSSR count). The molecule has 12 nitrogen and oxygen atoms in total. The van der Waals surface area contributed by atoms with Gasteiger partial charge in [0.15, 0.2) is 0 Å². The van der Waals surface area contributed by atoms with Crippen molar-refractivity contribution in [3.63, 3.8) is 0 Å². The maximum Gasteiger partial charge on any atom is 0.383 e. The molecule has 8 N–H and O–H groups in total. The Labute approximate surface area is 150 Å². The summed E-state index contributed by atoms with van der Waals surface area (Å²) >= 11 is 11.6. The molecule has 7 atom stereocenters. The van der Waals surface area contributed by atoms with Crippen LogP contribution in [0.2, 0.25) is 0 Å². The molecule has 24 heavy (non-hydrogen) atoms. The maximum atomic E-state index is 11.3. The highest BCUT2D eigenvalue weighted by atomic mass is 32.7. The van der Waals surface area contributed by atoms with E-state index in [1.54, 1.807) is 0 Å². The average Bonchev–Trinajstić information content (AvgIpc) is 2.32. The number of hydrogen-bond donors (Lipinski definition) is 9. The molecule has 0 radical (unpaired) electrons. The maximum absolute atomic E-state index is 11.3. The second kappa shape index (κ2) is 8.21. The molecule has 0 aliphatic heterocycles. The van der Waals surface area contributed by atoms with E-state index in [4.69, 9.17) is 14.7 Å². The topological polar surface area (TPSA) is 207 Å². The SMILES string of the molecule is O=P(O)(S)O[C@@H]1[C@@H](O)[C@H](OP(O)(O)=S)[C@@H](O)[C@@H](O)[C@H]1OP(O)(O)=S. The Kier molecular flexibility index (Phi) is 8.03. The second-order valence-corrected chi connectivity index (χ2v) is 12.6. The van der Waals surface area contributed by atoms with Crippen molar-refractivity contribution in [2.45, 2.75) is 36.6 Å².